The van der Waals surface area contributed by atoms with Crippen LogP contribution in [0.2, 0.25) is 0 Å². The first-order valence-electron chi connectivity index (χ1n) is 5.45. The highest BCUT2D eigenvalue weighted by atomic mass is 16.5. The maximum Gasteiger partial charge on any atom is 0.315 e. The number of carbonyl (C=O) groups is 2. The van der Waals surface area contributed by atoms with E-state index in [-0.39, 0.29) is 12.6 Å². The molecule has 4 N–H and O–H groups in total. The number of aliphatic hydroxyl groups is 1. The largest absolute Gasteiger partial charge is 0.481 e. The lowest BCUT2D eigenvalue weighted by atomic mass is 10.0. The third-order valence-electron chi connectivity index (χ3n) is 2.43. The van der Waals surface area contributed by atoms with Gasteiger partial charge < -0.3 is 25.6 Å². The van der Waals surface area contributed by atoms with E-state index in [1.165, 1.54) is 6.92 Å². The summed E-state index contributed by atoms with van der Waals surface area (Å²) in [4.78, 5) is 21.8. The van der Waals surface area contributed by atoms with Gasteiger partial charge in [0, 0.05) is 13.2 Å². The number of carboxylic acids is 1. The van der Waals surface area contributed by atoms with E-state index in [0.717, 1.165) is 6.42 Å². The Hall–Kier alpha value is -1.34. The Balaban J connectivity index is 2.24. The zero-order chi connectivity index (χ0) is 12.9. The lowest BCUT2D eigenvalue weighted by Crippen LogP contribution is -2.48. The van der Waals surface area contributed by atoms with Crippen molar-refractivity contribution < 1.29 is 24.5 Å². The monoisotopic (exact) mass is 246 g/mol. The van der Waals surface area contributed by atoms with Gasteiger partial charge in [-0.1, -0.05) is 0 Å². The fraction of sp³-hybridized carbons (Fsp3) is 0.800. The fourth-order valence-corrected chi connectivity index (χ4v) is 1.54. The van der Waals surface area contributed by atoms with Gasteiger partial charge in [-0.15, -0.1) is 0 Å². The maximum absolute atomic E-state index is 11.4. The molecule has 0 aromatic carbocycles. The topological polar surface area (TPSA) is 108 Å². The molecule has 2 unspecified atom stereocenters. The van der Waals surface area contributed by atoms with Crippen molar-refractivity contribution in [2.75, 3.05) is 19.8 Å². The van der Waals surface area contributed by atoms with E-state index in [2.05, 4.69) is 10.6 Å². The van der Waals surface area contributed by atoms with Crippen molar-refractivity contribution in [2.24, 2.45) is 0 Å². The van der Waals surface area contributed by atoms with E-state index >= 15 is 0 Å². The van der Waals surface area contributed by atoms with Crippen LogP contribution in [-0.2, 0) is 9.53 Å². The molecule has 0 aromatic rings. The van der Waals surface area contributed by atoms with E-state index in [1.54, 1.807) is 0 Å². The van der Waals surface area contributed by atoms with Gasteiger partial charge in [0.25, 0.3) is 0 Å². The Morgan fingerprint density at radius 3 is 2.76 bits per heavy atom. The van der Waals surface area contributed by atoms with Crippen molar-refractivity contribution >= 4 is 12.0 Å². The zero-order valence-corrected chi connectivity index (χ0v) is 9.73. The van der Waals surface area contributed by atoms with Gasteiger partial charge in [0.2, 0.25) is 0 Å². The Morgan fingerprint density at radius 2 is 2.24 bits per heavy atom. The van der Waals surface area contributed by atoms with Gasteiger partial charge in [-0.3, -0.25) is 4.79 Å². The van der Waals surface area contributed by atoms with E-state index in [0.29, 0.717) is 13.2 Å². The van der Waals surface area contributed by atoms with Gasteiger partial charge >= 0.3 is 12.0 Å². The lowest BCUT2D eigenvalue weighted by Gasteiger charge is -2.22. The SMILES string of the molecule is CC(O)(CNC(=O)NC1CCOC1)CC(=O)O. The summed E-state index contributed by atoms with van der Waals surface area (Å²) in [7, 11) is 0. The van der Waals surface area contributed by atoms with Crippen LogP contribution in [0.5, 0.6) is 0 Å². The highest BCUT2D eigenvalue weighted by Crippen LogP contribution is 2.07. The van der Waals surface area contributed by atoms with Gasteiger partial charge in [-0.25, -0.2) is 4.79 Å². The van der Waals surface area contributed by atoms with Gasteiger partial charge in [0.05, 0.1) is 24.7 Å². The Kier molecular flexibility index (Phi) is 4.71. The number of ether oxygens (including phenoxy) is 1. The number of carboxylic acid groups (broad SMARTS) is 1. The van der Waals surface area contributed by atoms with Crippen LogP contribution in [0.4, 0.5) is 4.79 Å². The fourth-order valence-electron chi connectivity index (χ4n) is 1.54. The van der Waals surface area contributed by atoms with Crippen molar-refractivity contribution in [2.45, 2.75) is 31.4 Å². The number of hydrogen-bond donors (Lipinski definition) is 4. The van der Waals surface area contributed by atoms with E-state index in [9.17, 15) is 14.7 Å². The highest BCUT2D eigenvalue weighted by molar-refractivity contribution is 5.74. The summed E-state index contributed by atoms with van der Waals surface area (Å²) in [5.74, 6) is -1.11. The molecule has 1 heterocycles. The molecule has 7 nitrogen and oxygen atoms in total. The first kappa shape index (κ1) is 13.7. The molecular weight excluding hydrogens is 228 g/mol. The molecule has 1 aliphatic heterocycles. The predicted octanol–water partition coefficient (Wildman–Crippen LogP) is -0.700. The summed E-state index contributed by atoms with van der Waals surface area (Å²) in [6, 6.07) is -0.439. The number of rotatable bonds is 5. The molecule has 1 rings (SSSR count). The van der Waals surface area contributed by atoms with Gasteiger partial charge in [-0.05, 0) is 13.3 Å². The quantitative estimate of drug-likeness (QED) is 0.513. The summed E-state index contributed by atoms with van der Waals surface area (Å²) in [6.07, 6.45) is 0.346. The third kappa shape index (κ3) is 5.50. The molecule has 1 fully saturated rings. The van der Waals surface area contributed by atoms with Crippen molar-refractivity contribution in [1.29, 1.82) is 0 Å². The van der Waals surface area contributed by atoms with E-state index < -0.39 is 24.0 Å². The van der Waals surface area contributed by atoms with Crippen molar-refractivity contribution in [1.82, 2.24) is 10.6 Å². The van der Waals surface area contributed by atoms with Gasteiger partial charge in [0.1, 0.15) is 0 Å². The average Bonchev–Trinajstić information content (AvgIpc) is 2.65. The third-order valence-corrected chi connectivity index (χ3v) is 2.43. The summed E-state index contributed by atoms with van der Waals surface area (Å²) in [5.41, 5.74) is -1.45. The van der Waals surface area contributed by atoms with Gasteiger partial charge in [-0.2, -0.15) is 0 Å². The molecule has 0 spiro atoms. The molecule has 0 bridgehead atoms. The number of nitrogens with one attached hydrogen (secondary N) is 2. The van der Waals surface area contributed by atoms with Crippen LogP contribution in [0.3, 0.4) is 0 Å². The number of aliphatic carboxylic acids is 1. The molecule has 1 saturated heterocycles. The molecule has 0 saturated carbocycles. The number of urea groups is 1. The first-order chi connectivity index (χ1) is 7.89. The molecular formula is C10H18N2O5. The van der Waals surface area contributed by atoms with Crippen molar-refractivity contribution in [3.8, 4) is 0 Å². The maximum atomic E-state index is 11.4. The predicted molar refractivity (Wildman–Crippen MR) is 58.6 cm³/mol. The standard InChI is InChI=1S/C10H18N2O5/c1-10(16,4-8(13)14)6-11-9(15)12-7-2-3-17-5-7/h7,16H,2-6H2,1H3,(H,13,14)(H2,11,12,15). The summed E-state index contributed by atoms with van der Waals surface area (Å²) < 4.78 is 5.09. The molecule has 0 aliphatic carbocycles. The second-order valence-electron chi connectivity index (χ2n) is 4.45. The Morgan fingerprint density at radius 1 is 1.53 bits per heavy atom. The lowest BCUT2D eigenvalue weighted by molar-refractivity contribution is -0.141. The summed E-state index contributed by atoms with van der Waals surface area (Å²) in [5, 5.41) is 23.3. The zero-order valence-electron chi connectivity index (χ0n) is 9.73. The van der Waals surface area contributed by atoms with Crippen LogP contribution in [-0.4, -0.2) is 53.6 Å². The molecule has 7 heteroatoms. The van der Waals surface area contributed by atoms with Crippen LogP contribution in [0.25, 0.3) is 0 Å². The molecule has 98 valence electrons. The van der Waals surface area contributed by atoms with Crippen LogP contribution in [0.1, 0.15) is 19.8 Å². The summed E-state index contributed by atoms with van der Waals surface area (Å²) >= 11 is 0. The van der Waals surface area contributed by atoms with Crippen molar-refractivity contribution in [3.63, 3.8) is 0 Å². The molecule has 2 atom stereocenters. The van der Waals surface area contributed by atoms with E-state index in [1.807, 2.05) is 0 Å². The van der Waals surface area contributed by atoms with E-state index in [4.69, 9.17) is 9.84 Å². The average molecular weight is 246 g/mol. The van der Waals surface area contributed by atoms with Crippen molar-refractivity contribution in [3.05, 3.63) is 0 Å². The minimum absolute atomic E-state index is 0.0144. The van der Waals surface area contributed by atoms with Crippen LogP contribution in [0, 0.1) is 0 Å². The normalized spacial score (nSPS) is 22.8. The second-order valence-corrected chi connectivity index (χ2v) is 4.45. The molecule has 2 amide bonds. The molecule has 0 radical (unpaired) electrons. The summed E-state index contributed by atoms with van der Waals surface area (Å²) in [6.45, 7) is 2.36. The Bertz CT molecular complexity index is 286. The molecule has 1 aliphatic rings. The first-order valence-corrected chi connectivity index (χ1v) is 5.45. The second kappa shape index (κ2) is 5.83. The minimum Gasteiger partial charge on any atom is -0.481 e. The van der Waals surface area contributed by atoms with Crippen LogP contribution >= 0.6 is 0 Å². The van der Waals surface area contributed by atoms with Crippen LogP contribution in [0.15, 0.2) is 0 Å². The number of carbonyl (C=O) groups excluding carboxylic acids is 1. The molecule has 17 heavy (non-hydrogen) atoms. The smallest absolute Gasteiger partial charge is 0.315 e. The molecule has 0 aromatic heterocycles. The number of amides is 2. The van der Waals surface area contributed by atoms with Crippen LogP contribution < -0.4 is 10.6 Å². The number of hydrogen-bond acceptors (Lipinski definition) is 4. The minimum atomic E-state index is -1.45. The highest BCUT2D eigenvalue weighted by Gasteiger charge is 2.25. The Labute approximate surface area is 99.1 Å². The van der Waals surface area contributed by atoms with Gasteiger partial charge in [0.15, 0.2) is 0 Å².